The minimum absolute atomic E-state index is 0.358. The van der Waals surface area contributed by atoms with E-state index < -0.39 is 11.6 Å². The predicted molar refractivity (Wildman–Crippen MR) is 103 cm³/mol. The molecule has 27 heavy (non-hydrogen) atoms. The third kappa shape index (κ3) is 3.99. The molecule has 0 spiro atoms. The van der Waals surface area contributed by atoms with Gasteiger partial charge in [0.25, 0.3) is 0 Å². The van der Waals surface area contributed by atoms with E-state index in [-0.39, 0.29) is 0 Å². The molecule has 2 aromatic heterocycles. The number of nitrogens with zero attached hydrogens (tertiary/aromatic N) is 3. The van der Waals surface area contributed by atoms with Gasteiger partial charge in [0, 0.05) is 34.3 Å². The molecule has 0 bridgehead atoms. The third-order valence-electron chi connectivity index (χ3n) is 4.61. The summed E-state index contributed by atoms with van der Waals surface area (Å²) in [7, 11) is 0. The summed E-state index contributed by atoms with van der Waals surface area (Å²) >= 11 is 2.85. The maximum absolute atomic E-state index is 14.2. The van der Waals surface area contributed by atoms with Gasteiger partial charge >= 0.3 is 0 Å². The van der Waals surface area contributed by atoms with Crippen LogP contribution in [0.5, 0.6) is 0 Å². The summed E-state index contributed by atoms with van der Waals surface area (Å²) in [6, 6.07) is 3.63. The average molecular weight is 408 g/mol. The molecular formula is C19H19F2N3OS2. The quantitative estimate of drug-likeness (QED) is 0.593. The van der Waals surface area contributed by atoms with Crippen LogP contribution in [0.3, 0.4) is 0 Å². The highest BCUT2D eigenvalue weighted by Crippen LogP contribution is 2.39. The lowest BCUT2D eigenvalue weighted by Crippen LogP contribution is -2.36. The largest absolute Gasteiger partial charge is 0.379 e. The summed E-state index contributed by atoms with van der Waals surface area (Å²) in [6.07, 6.45) is 0. The minimum Gasteiger partial charge on any atom is -0.379 e. The van der Waals surface area contributed by atoms with E-state index in [0.717, 1.165) is 45.8 Å². The molecule has 3 aromatic rings. The van der Waals surface area contributed by atoms with Crippen LogP contribution >= 0.6 is 23.1 Å². The van der Waals surface area contributed by atoms with E-state index in [0.29, 0.717) is 24.7 Å². The second-order valence-corrected chi connectivity index (χ2v) is 8.71. The van der Waals surface area contributed by atoms with Crippen molar-refractivity contribution in [3.63, 3.8) is 0 Å². The first-order valence-electron chi connectivity index (χ1n) is 8.71. The van der Waals surface area contributed by atoms with Gasteiger partial charge < -0.3 is 4.74 Å². The molecule has 0 unspecified atom stereocenters. The number of benzene rings is 1. The van der Waals surface area contributed by atoms with E-state index in [1.165, 1.54) is 28.8 Å². The number of hydrogen-bond acceptors (Lipinski definition) is 6. The molecule has 1 aliphatic rings. The Bertz CT molecular complexity index is 987. The van der Waals surface area contributed by atoms with Crippen LogP contribution in [-0.4, -0.2) is 41.2 Å². The molecular weight excluding hydrogens is 388 g/mol. The number of ether oxygens (including phenoxy) is 1. The van der Waals surface area contributed by atoms with Crippen LogP contribution in [0.2, 0.25) is 0 Å². The summed E-state index contributed by atoms with van der Waals surface area (Å²) in [5.41, 5.74) is 1.11. The van der Waals surface area contributed by atoms with Crippen molar-refractivity contribution in [1.82, 2.24) is 14.9 Å². The minimum atomic E-state index is -0.583. The molecule has 0 atom stereocenters. The number of aryl methyl sites for hydroxylation is 2. The van der Waals surface area contributed by atoms with Gasteiger partial charge in [0.05, 0.1) is 19.8 Å². The van der Waals surface area contributed by atoms with Gasteiger partial charge in [-0.3, -0.25) is 4.90 Å². The zero-order valence-electron chi connectivity index (χ0n) is 15.1. The second-order valence-electron chi connectivity index (χ2n) is 6.47. The van der Waals surface area contributed by atoms with Crippen LogP contribution in [0, 0.1) is 25.5 Å². The smallest absolute Gasteiger partial charge is 0.145 e. The Morgan fingerprint density at radius 2 is 1.96 bits per heavy atom. The van der Waals surface area contributed by atoms with Crippen molar-refractivity contribution < 1.29 is 13.5 Å². The van der Waals surface area contributed by atoms with Gasteiger partial charge in [0.2, 0.25) is 0 Å². The highest BCUT2D eigenvalue weighted by molar-refractivity contribution is 7.99. The van der Waals surface area contributed by atoms with Gasteiger partial charge in [-0.05, 0) is 31.5 Å². The molecule has 0 saturated carbocycles. The van der Waals surface area contributed by atoms with E-state index in [2.05, 4.69) is 11.8 Å². The van der Waals surface area contributed by atoms with Crippen molar-refractivity contribution in [2.24, 2.45) is 0 Å². The van der Waals surface area contributed by atoms with Gasteiger partial charge in [-0.25, -0.2) is 18.7 Å². The Hall–Kier alpha value is -1.61. The topological polar surface area (TPSA) is 38.2 Å². The molecule has 1 aliphatic heterocycles. The summed E-state index contributed by atoms with van der Waals surface area (Å²) in [5.74, 6) is -0.443. The van der Waals surface area contributed by atoms with Gasteiger partial charge in [0.1, 0.15) is 27.3 Å². The lowest BCUT2D eigenvalue weighted by atomic mass is 10.2. The van der Waals surface area contributed by atoms with Gasteiger partial charge in [-0.15, -0.1) is 11.3 Å². The maximum atomic E-state index is 14.2. The number of halogens is 2. The number of fused-ring (bicyclic) bond motifs is 1. The average Bonchev–Trinajstić information content (AvgIpc) is 2.92. The Kier molecular flexibility index (Phi) is 5.41. The van der Waals surface area contributed by atoms with Crippen molar-refractivity contribution in [2.45, 2.75) is 30.3 Å². The number of hydrogen-bond donors (Lipinski definition) is 0. The second kappa shape index (κ2) is 7.79. The Morgan fingerprint density at radius 3 is 2.70 bits per heavy atom. The molecule has 0 radical (unpaired) electrons. The molecule has 142 valence electrons. The number of thiophene rings is 1. The van der Waals surface area contributed by atoms with Gasteiger partial charge in [0.15, 0.2) is 0 Å². The predicted octanol–water partition coefficient (Wildman–Crippen LogP) is 4.57. The highest BCUT2D eigenvalue weighted by Gasteiger charge is 2.19. The Balaban J connectivity index is 1.74. The first kappa shape index (κ1) is 18.7. The van der Waals surface area contributed by atoms with Crippen molar-refractivity contribution >= 4 is 33.3 Å². The SMILES string of the molecule is Cc1sc2nc(CN3CCOCC3)nc(Sc3ccc(F)cc3F)c2c1C. The van der Waals surface area contributed by atoms with Crippen molar-refractivity contribution in [3.05, 3.63) is 46.1 Å². The molecule has 4 rings (SSSR count). The molecule has 8 heteroatoms. The lowest BCUT2D eigenvalue weighted by molar-refractivity contribution is 0.0330. The molecule has 3 heterocycles. The summed E-state index contributed by atoms with van der Waals surface area (Å²) in [6.45, 7) is 7.83. The zero-order chi connectivity index (χ0) is 19.0. The summed E-state index contributed by atoms with van der Waals surface area (Å²) in [4.78, 5) is 14.2. The summed E-state index contributed by atoms with van der Waals surface area (Å²) in [5, 5.41) is 1.67. The van der Waals surface area contributed by atoms with Gasteiger partial charge in [-0.1, -0.05) is 11.8 Å². The molecule has 1 aromatic carbocycles. The molecule has 0 amide bonds. The Labute approximate surface area is 164 Å². The molecule has 4 nitrogen and oxygen atoms in total. The van der Waals surface area contributed by atoms with E-state index in [1.54, 1.807) is 11.3 Å². The van der Waals surface area contributed by atoms with Crippen molar-refractivity contribution in [2.75, 3.05) is 26.3 Å². The van der Waals surface area contributed by atoms with E-state index >= 15 is 0 Å². The van der Waals surface area contributed by atoms with Crippen LogP contribution in [0.4, 0.5) is 8.78 Å². The van der Waals surface area contributed by atoms with E-state index in [9.17, 15) is 8.78 Å². The van der Waals surface area contributed by atoms with E-state index in [4.69, 9.17) is 14.7 Å². The first-order valence-corrected chi connectivity index (χ1v) is 10.3. The normalized spacial score (nSPS) is 15.6. The standard InChI is InChI=1S/C19H19F2N3OS2/c1-11-12(2)26-18-17(11)19(27-15-4-3-13(20)9-14(15)21)23-16(22-18)10-24-5-7-25-8-6-24/h3-4,9H,5-8,10H2,1-2H3. The van der Waals surface area contributed by atoms with Crippen LogP contribution in [0.25, 0.3) is 10.2 Å². The van der Waals surface area contributed by atoms with Crippen LogP contribution in [0.1, 0.15) is 16.3 Å². The molecule has 0 aliphatic carbocycles. The number of rotatable bonds is 4. The number of aromatic nitrogens is 2. The molecule has 1 saturated heterocycles. The lowest BCUT2D eigenvalue weighted by Gasteiger charge is -2.25. The van der Waals surface area contributed by atoms with Crippen LogP contribution < -0.4 is 0 Å². The zero-order valence-corrected chi connectivity index (χ0v) is 16.7. The fraction of sp³-hybridized carbons (Fsp3) is 0.368. The maximum Gasteiger partial charge on any atom is 0.145 e. The Morgan fingerprint density at radius 1 is 1.19 bits per heavy atom. The fourth-order valence-corrected chi connectivity index (χ4v) is 5.14. The van der Waals surface area contributed by atoms with Crippen molar-refractivity contribution in [3.8, 4) is 0 Å². The van der Waals surface area contributed by atoms with Gasteiger partial charge in [-0.2, -0.15) is 0 Å². The van der Waals surface area contributed by atoms with Crippen LogP contribution in [-0.2, 0) is 11.3 Å². The first-order chi connectivity index (χ1) is 13.0. The van der Waals surface area contributed by atoms with Crippen LogP contribution in [0.15, 0.2) is 28.1 Å². The van der Waals surface area contributed by atoms with Crippen molar-refractivity contribution in [1.29, 1.82) is 0 Å². The third-order valence-corrected chi connectivity index (χ3v) is 6.75. The highest BCUT2D eigenvalue weighted by atomic mass is 32.2. The number of morpholine rings is 1. The molecule has 1 fully saturated rings. The molecule has 0 N–H and O–H groups in total. The summed E-state index contributed by atoms with van der Waals surface area (Å²) < 4.78 is 32.8. The van der Waals surface area contributed by atoms with E-state index in [1.807, 2.05) is 6.92 Å². The fourth-order valence-electron chi connectivity index (χ4n) is 3.02. The monoisotopic (exact) mass is 407 g/mol.